The zero-order chi connectivity index (χ0) is 24.3. The van der Waals surface area contributed by atoms with Crippen LogP contribution in [0.15, 0.2) is 48.5 Å². The van der Waals surface area contributed by atoms with E-state index < -0.39 is 29.0 Å². The quantitative estimate of drug-likeness (QED) is 0.494. The molecule has 2 aromatic carbocycles. The van der Waals surface area contributed by atoms with Crippen LogP contribution in [0, 0.1) is 0 Å². The van der Waals surface area contributed by atoms with Gasteiger partial charge in [0.15, 0.2) is 5.54 Å². The van der Waals surface area contributed by atoms with E-state index in [1.165, 1.54) is 7.11 Å². The Labute approximate surface area is 198 Å². The topological polar surface area (TPSA) is 114 Å². The Bertz CT molecular complexity index is 1050. The van der Waals surface area contributed by atoms with E-state index in [4.69, 9.17) is 9.47 Å². The highest BCUT2D eigenvalue weighted by atomic mass is 16.5. The van der Waals surface area contributed by atoms with Crippen molar-refractivity contribution >= 4 is 18.0 Å². The largest absolute Gasteiger partial charge is 0.479 e. The van der Waals surface area contributed by atoms with Crippen LogP contribution < -0.4 is 10.6 Å². The van der Waals surface area contributed by atoms with Crippen LogP contribution in [-0.4, -0.2) is 54.5 Å². The standard InChI is InChI=1S/C26H30N2O6/c1-3-26(16-33-2,23(30)31)27-22(29)14-25(12-13-25)28-24(32)34-15-21-19-10-6-4-8-17(19)18-9-5-7-11-20(18)21/h4-11,21H,3,12-16H2,1-2H3,(H,27,29)(H,28,32)(H,30,31). The van der Waals surface area contributed by atoms with Crippen LogP contribution >= 0.6 is 0 Å². The number of rotatable bonds is 10. The number of amides is 2. The summed E-state index contributed by atoms with van der Waals surface area (Å²) in [5.74, 6) is -1.65. The number of carbonyl (C=O) groups is 3. The predicted molar refractivity (Wildman–Crippen MR) is 125 cm³/mol. The molecule has 1 atom stereocenters. The molecule has 0 radical (unpaired) electrons. The highest BCUT2D eigenvalue weighted by molar-refractivity contribution is 5.88. The third kappa shape index (κ3) is 4.63. The summed E-state index contributed by atoms with van der Waals surface area (Å²) in [6.07, 6.45) is 0.830. The fourth-order valence-electron chi connectivity index (χ4n) is 4.71. The Morgan fingerprint density at radius 2 is 1.65 bits per heavy atom. The van der Waals surface area contributed by atoms with Gasteiger partial charge in [-0.1, -0.05) is 55.5 Å². The normalized spacial score (nSPS) is 17.1. The number of benzene rings is 2. The van der Waals surface area contributed by atoms with Crippen molar-refractivity contribution in [1.82, 2.24) is 10.6 Å². The lowest BCUT2D eigenvalue weighted by atomic mass is 9.96. The maximum atomic E-state index is 12.7. The number of hydrogen-bond donors (Lipinski definition) is 3. The Balaban J connectivity index is 1.36. The number of aliphatic carboxylic acids is 1. The van der Waals surface area contributed by atoms with Crippen molar-refractivity contribution in [2.24, 2.45) is 0 Å². The van der Waals surface area contributed by atoms with Crippen molar-refractivity contribution in [3.63, 3.8) is 0 Å². The fraction of sp³-hybridized carbons (Fsp3) is 0.423. The van der Waals surface area contributed by atoms with Crippen LogP contribution in [0.4, 0.5) is 4.79 Å². The molecule has 0 spiro atoms. The van der Waals surface area contributed by atoms with Crippen molar-refractivity contribution in [1.29, 1.82) is 0 Å². The molecular formula is C26H30N2O6. The number of nitrogens with one attached hydrogen (secondary N) is 2. The summed E-state index contributed by atoms with van der Waals surface area (Å²) in [5, 5.41) is 15.0. The zero-order valence-corrected chi connectivity index (χ0v) is 19.4. The summed E-state index contributed by atoms with van der Waals surface area (Å²) in [4.78, 5) is 37.0. The molecular weight excluding hydrogens is 436 g/mol. The third-order valence-corrected chi connectivity index (χ3v) is 6.85. The third-order valence-electron chi connectivity index (χ3n) is 6.85. The molecule has 2 aromatic rings. The van der Waals surface area contributed by atoms with Crippen molar-refractivity contribution in [3.8, 4) is 11.1 Å². The van der Waals surface area contributed by atoms with Gasteiger partial charge in [0.2, 0.25) is 5.91 Å². The van der Waals surface area contributed by atoms with Gasteiger partial charge in [0.25, 0.3) is 0 Å². The van der Waals surface area contributed by atoms with E-state index in [2.05, 4.69) is 34.9 Å². The zero-order valence-electron chi connectivity index (χ0n) is 19.4. The van der Waals surface area contributed by atoms with Gasteiger partial charge in [0, 0.05) is 19.4 Å². The van der Waals surface area contributed by atoms with Gasteiger partial charge in [-0.2, -0.15) is 0 Å². The number of fused-ring (bicyclic) bond motifs is 3. The van der Waals surface area contributed by atoms with Gasteiger partial charge in [-0.25, -0.2) is 9.59 Å². The molecule has 3 N–H and O–H groups in total. The highest BCUT2D eigenvalue weighted by Gasteiger charge is 2.48. The van der Waals surface area contributed by atoms with Gasteiger partial charge >= 0.3 is 12.1 Å². The van der Waals surface area contributed by atoms with Crippen molar-refractivity contribution in [3.05, 3.63) is 59.7 Å². The number of carbonyl (C=O) groups excluding carboxylic acids is 2. The first-order valence-electron chi connectivity index (χ1n) is 11.5. The molecule has 0 bridgehead atoms. The van der Waals surface area contributed by atoms with E-state index in [1.807, 2.05) is 24.3 Å². The lowest BCUT2D eigenvalue weighted by molar-refractivity contribution is -0.150. The van der Waals surface area contributed by atoms with E-state index in [9.17, 15) is 19.5 Å². The number of hydrogen-bond acceptors (Lipinski definition) is 5. The van der Waals surface area contributed by atoms with Crippen LogP contribution in [0.5, 0.6) is 0 Å². The summed E-state index contributed by atoms with van der Waals surface area (Å²) in [6.45, 7) is 1.72. The molecule has 34 heavy (non-hydrogen) atoms. The van der Waals surface area contributed by atoms with Crippen molar-refractivity contribution in [2.45, 2.75) is 49.6 Å². The fourth-order valence-corrected chi connectivity index (χ4v) is 4.71. The van der Waals surface area contributed by atoms with E-state index in [-0.39, 0.29) is 32.0 Å². The number of alkyl carbamates (subject to hydrolysis) is 1. The molecule has 1 unspecified atom stereocenters. The van der Waals surface area contributed by atoms with Crippen molar-refractivity contribution < 1.29 is 29.0 Å². The molecule has 8 nitrogen and oxygen atoms in total. The molecule has 2 amide bonds. The molecule has 1 fully saturated rings. The Morgan fingerprint density at radius 3 is 2.15 bits per heavy atom. The minimum Gasteiger partial charge on any atom is -0.479 e. The number of carboxylic acids is 1. The average molecular weight is 467 g/mol. The molecule has 2 aliphatic rings. The van der Waals surface area contributed by atoms with Gasteiger partial charge in [-0.3, -0.25) is 4.79 Å². The first-order valence-corrected chi connectivity index (χ1v) is 11.5. The highest BCUT2D eigenvalue weighted by Crippen LogP contribution is 2.44. The van der Waals surface area contributed by atoms with Crippen LogP contribution in [0.3, 0.4) is 0 Å². The lowest BCUT2D eigenvalue weighted by Gasteiger charge is -2.29. The first-order chi connectivity index (χ1) is 16.3. The molecule has 1 saturated carbocycles. The second-order valence-electron chi connectivity index (χ2n) is 9.13. The second-order valence-corrected chi connectivity index (χ2v) is 9.13. The molecule has 0 aromatic heterocycles. The molecule has 0 heterocycles. The summed E-state index contributed by atoms with van der Waals surface area (Å²) in [7, 11) is 1.39. The lowest BCUT2D eigenvalue weighted by Crippen LogP contribution is -2.58. The van der Waals surface area contributed by atoms with E-state index in [0.29, 0.717) is 12.8 Å². The summed E-state index contributed by atoms with van der Waals surface area (Å²) < 4.78 is 10.6. The molecule has 0 aliphatic heterocycles. The summed E-state index contributed by atoms with van der Waals surface area (Å²) in [5.41, 5.74) is 2.34. The Hall–Kier alpha value is -3.39. The molecule has 0 saturated heterocycles. The van der Waals surface area contributed by atoms with Gasteiger partial charge < -0.3 is 25.2 Å². The molecule has 8 heteroatoms. The molecule has 2 aliphatic carbocycles. The minimum atomic E-state index is -1.49. The van der Waals surface area contributed by atoms with Gasteiger partial charge in [0.05, 0.1) is 12.1 Å². The number of methoxy groups -OCH3 is 1. The summed E-state index contributed by atoms with van der Waals surface area (Å²) in [6, 6.07) is 16.2. The Kier molecular flexibility index (Phi) is 6.61. The molecule has 180 valence electrons. The van der Waals surface area contributed by atoms with Crippen LogP contribution in [0.2, 0.25) is 0 Å². The SMILES string of the molecule is CCC(COC)(NC(=O)CC1(NC(=O)OCC2c3ccccc3-c3ccccc32)CC1)C(=O)O. The van der Waals surface area contributed by atoms with E-state index in [0.717, 1.165) is 22.3 Å². The Morgan fingerprint density at radius 1 is 1.06 bits per heavy atom. The smallest absolute Gasteiger partial charge is 0.407 e. The maximum Gasteiger partial charge on any atom is 0.407 e. The van der Waals surface area contributed by atoms with Crippen LogP contribution in [-0.2, 0) is 19.1 Å². The maximum absolute atomic E-state index is 12.7. The van der Waals surface area contributed by atoms with Gasteiger partial charge in [0.1, 0.15) is 6.61 Å². The predicted octanol–water partition coefficient (Wildman–Crippen LogP) is 3.44. The van der Waals surface area contributed by atoms with Gasteiger partial charge in [-0.15, -0.1) is 0 Å². The van der Waals surface area contributed by atoms with Crippen LogP contribution in [0.1, 0.15) is 49.7 Å². The van der Waals surface area contributed by atoms with Gasteiger partial charge in [-0.05, 0) is 41.5 Å². The molecule has 4 rings (SSSR count). The van der Waals surface area contributed by atoms with Crippen molar-refractivity contribution in [2.75, 3.05) is 20.3 Å². The average Bonchev–Trinajstić information content (AvgIpc) is 3.48. The monoisotopic (exact) mass is 466 g/mol. The minimum absolute atomic E-state index is 0.0179. The first kappa shape index (κ1) is 23.8. The summed E-state index contributed by atoms with van der Waals surface area (Å²) >= 11 is 0. The van der Waals surface area contributed by atoms with Crippen LogP contribution in [0.25, 0.3) is 11.1 Å². The van der Waals surface area contributed by atoms with E-state index in [1.54, 1.807) is 6.92 Å². The second kappa shape index (κ2) is 9.46. The van der Waals surface area contributed by atoms with E-state index >= 15 is 0 Å². The number of carboxylic acid groups (broad SMARTS) is 1. The number of ether oxygens (including phenoxy) is 2.